The van der Waals surface area contributed by atoms with Gasteiger partial charge in [-0.25, -0.2) is 13.8 Å². The van der Waals surface area contributed by atoms with Crippen molar-refractivity contribution in [2.24, 2.45) is 0 Å². The van der Waals surface area contributed by atoms with Crippen molar-refractivity contribution in [2.45, 2.75) is 76.2 Å². The largest absolute Gasteiger partial charge is 0.471 e. The van der Waals surface area contributed by atoms with Crippen LogP contribution < -0.4 is 15.4 Å². The van der Waals surface area contributed by atoms with E-state index in [9.17, 15) is 18.7 Å². The van der Waals surface area contributed by atoms with Crippen LogP contribution in [0.1, 0.15) is 62.3 Å². The summed E-state index contributed by atoms with van der Waals surface area (Å²) in [6, 6.07) is 4.57. The number of ether oxygens (including phenoxy) is 1. The Labute approximate surface area is 192 Å². The number of aromatic nitrogens is 1. The van der Waals surface area contributed by atoms with Gasteiger partial charge in [0.1, 0.15) is 17.2 Å². The predicted molar refractivity (Wildman–Crippen MR) is 120 cm³/mol. The lowest BCUT2D eigenvalue weighted by molar-refractivity contribution is -0.120. The smallest absolute Gasteiger partial charge is 0.218 e. The zero-order chi connectivity index (χ0) is 23.6. The summed E-state index contributed by atoms with van der Waals surface area (Å²) in [5, 5.41) is 17.1. The first-order valence-electron chi connectivity index (χ1n) is 11.6. The van der Waals surface area contributed by atoms with Crippen LogP contribution in [0.5, 0.6) is 5.88 Å². The molecule has 0 radical (unpaired) electrons. The molecule has 0 bridgehead atoms. The number of aliphatic hydroxyl groups is 1. The first-order valence-corrected chi connectivity index (χ1v) is 11.6. The third-order valence-electron chi connectivity index (χ3n) is 6.68. The molecule has 1 amide bonds. The maximum absolute atomic E-state index is 13.6. The Kier molecular flexibility index (Phi) is 6.95. The van der Waals surface area contributed by atoms with E-state index in [0.717, 1.165) is 49.3 Å². The minimum atomic E-state index is -0.966. The lowest BCUT2D eigenvalue weighted by atomic mass is 9.73. The van der Waals surface area contributed by atoms with E-state index in [1.54, 1.807) is 0 Å². The fourth-order valence-electron chi connectivity index (χ4n) is 4.76. The Morgan fingerprint density at radius 2 is 1.97 bits per heavy atom. The van der Waals surface area contributed by atoms with Gasteiger partial charge in [0.2, 0.25) is 11.8 Å². The molecule has 1 saturated carbocycles. The summed E-state index contributed by atoms with van der Waals surface area (Å²) in [6.45, 7) is 3.62. The molecule has 3 atom stereocenters. The Morgan fingerprint density at radius 3 is 2.58 bits per heavy atom. The summed E-state index contributed by atoms with van der Waals surface area (Å²) in [4.78, 5) is 16.3. The molecule has 0 saturated heterocycles. The van der Waals surface area contributed by atoms with Crippen molar-refractivity contribution in [1.82, 2.24) is 15.6 Å². The highest BCUT2D eigenvalue weighted by atomic mass is 19.1. The Hall–Kier alpha value is -2.58. The molecule has 178 valence electrons. The molecular formula is C25H31F2N3O3. The summed E-state index contributed by atoms with van der Waals surface area (Å²) in [5.41, 5.74) is 2.24. The van der Waals surface area contributed by atoms with Gasteiger partial charge in [-0.05, 0) is 61.4 Å². The number of amides is 1. The quantitative estimate of drug-likeness (QED) is 0.564. The van der Waals surface area contributed by atoms with Crippen LogP contribution >= 0.6 is 0 Å². The van der Waals surface area contributed by atoms with Crippen LogP contribution in [-0.2, 0) is 17.6 Å². The average molecular weight is 460 g/mol. The summed E-state index contributed by atoms with van der Waals surface area (Å²) in [5.74, 6) is -1.07. The number of nitrogens with zero attached hydrogens (tertiary/aromatic N) is 1. The van der Waals surface area contributed by atoms with Crippen LogP contribution in [0.3, 0.4) is 0 Å². The molecule has 8 heteroatoms. The number of pyridine rings is 1. The van der Waals surface area contributed by atoms with Gasteiger partial charge in [0.05, 0.1) is 12.1 Å². The molecule has 1 spiro atoms. The lowest BCUT2D eigenvalue weighted by Gasteiger charge is -2.47. The molecular weight excluding hydrogens is 428 g/mol. The number of hydrogen-bond donors (Lipinski definition) is 3. The van der Waals surface area contributed by atoms with Crippen molar-refractivity contribution < 1.29 is 23.4 Å². The molecule has 4 rings (SSSR count). The zero-order valence-electron chi connectivity index (χ0n) is 19.0. The van der Waals surface area contributed by atoms with Crippen LogP contribution in [0.4, 0.5) is 8.78 Å². The number of hydrogen-bond acceptors (Lipinski definition) is 5. The SMILES string of the molecule is CCc1cnc2c(c1)[C@@H](NC[C@@H](O)[C@H](Cc1cc(F)cc(F)c1)NC(C)=O)CC1(CCC1)O2. The van der Waals surface area contributed by atoms with E-state index in [2.05, 4.69) is 28.6 Å². The van der Waals surface area contributed by atoms with Gasteiger partial charge in [0, 0.05) is 43.8 Å². The number of halogens is 2. The van der Waals surface area contributed by atoms with Crippen LogP contribution in [-0.4, -0.2) is 40.3 Å². The number of rotatable bonds is 8. The summed E-state index contributed by atoms with van der Waals surface area (Å²) < 4.78 is 33.5. The standard InChI is InChI=1S/C25H31F2N3O3/c1-3-16-9-20-22(12-25(5-4-6-25)33-24(20)29-13-16)28-14-23(32)21(30-15(2)31)10-17-7-18(26)11-19(27)8-17/h7-9,11,13,21-23,28,32H,3-6,10,12,14H2,1-2H3,(H,30,31)/t21-,22-,23+/m0/s1. The normalized spacial score (nSPS) is 20.3. The summed E-state index contributed by atoms with van der Waals surface area (Å²) in [6.07, 6.45) is 5.68. The highest BCUT2D eigenvalue weighted by Crippen LogP contribution is 2.48. The van der Waals surface area contributed by atoms with Gasteiger partial charge in [0.25, 0.3) is 0 Å². The number of carbonyl (C=O) groups is 1. The van der Waals surface area contributed by atoms with Crippen molar-refractivity contribution in [2.75, 3.05) is 6.54 Å². The molecule has 1 aliphatic carbocycles. The monoisotopic (exact) mass is 459 g/mol. The third kappa shape index (κ3) is 5.50. The molecule has 2 aromatic rings. The van der Waals surface area contributed by atoms with Crippen molar-refractivity contribution in [1.29, 1.82) is 0 Å². The topological polar surface area (TPSA) is 83.5 Å². The molecule has 2 aliphatic rings. The number of nitrogens with one attached hydrogen (secondary N) is 2. The van der Waals surface area contributed by atoms with Crippen LogP contribution in [0.2, 0.25) is 0 Å². The fraction of sp³-hybridized carbons (Fsp3) is 0.520. The van der Waals surface area contributed by atoms with Gasteiger partial charge in [-0.1, -0.05) is 6.92 Å². The van der Waals surface area contributed by atoms with E-state index in [1.807, 2.05) is 6.20 Å². The second-order valence-electron chi connectivity index (χ2n) is 9.25. The first kappa shape index (κ1) is 23.6. The number of aliphatic hydroxyl groups excluding tert-OH is 1. The van der Waals surface area contributed by atoms with Gasteiger partial charge in [-0.3, -0.25) is 4.79 Å². The van der Waals surface area contributed by atoms with Gasteiger partial charge in [-0.2, -0.15) is 0 Å². The third-order valence-corrected chi connectivity index (χ3v) is 6.68. The Morgan fingerprint density at radius 1 is 1.24 bits per heavy atom. The van der Waals surface area contributed by atoms with Crippen molar-refractivity contribution in [3.63, 3.8) is 0 Å². The number of benzene rings is 1. The van der Waals surface area contributed by atoms with Gasteiger partial charge < -0.3 is 20.5 Å². The van der Waals surface area contributed by atoms with Gasteiger partial charge in [0.15, 0.2) is 0 Å². The van der Waals surface area contributed by atoms with Gasteiger partial charge in [-0.15, -0.1) is 0 Å². The molecule has 6 nitrogen and oxygen atoms in total. The summed E-state index contributed by atoms with van der Waals surface area (Å²) >= 11 is 0. The zero-order valence-corrected chi connectivity index (χ0v) is 19.0. The van der Waals surface area contributed by atoms with E-state index >= 15 is 0 Å². The highest BCUT2D eigenvalue weighted by Gasteiger charge is 2.46. The van der Waals surface area contributed by atoms with E-state index in [4.69, 9.17) is 4.74 Å². The Bertz CT molecular complexity index is 992. The van der Waals surface area contributed by atoms with Crippen molar-refractivity contribution >= 4 is 5.91 Å². The van der Waals surface area contributed by atoms with Crippen LogP contribution in [0.25, 0.3) is 0 Å². The van der Waals surface area contributed by atoms with Crippen molar-refractivity contribution in [3.05, 3.63) is 58.8 Å². The minimum Gasteiger partial charge on any atom is -0.471 e. The van der Waals surface area contributed by atoms with E-state index < -0.39 is 23.8 Å². The number of aryl methyl sites for hydroxylation is 1. The second-order valence-corrected chi connectivity index (χ2v) is 9.25. The Balaban J connectivity index is 1.49. The summed E-state index contributed by atoms with van der Waals surface area (Å²) in [7, 11) is 0. The molecule has 33 heavy (non-hydrogen) atoms. The average Bonchev–Trinajstić information content (AvgIpc) is 2.74. The van der Waals surface area contributed by atoms with Crippen LogP contribution in [0.15, 0.2) is 30.5 Å². The molecule has 1 aliphatic heterocycles. The van der Waals surface area contributed by atoms with E-state index in [0.29, 0.717) is 11.4 Å². The highest BCUT2D eigenvalue weighted by molar-refractivity contribution is 5.73. The second kappa shape index (κ2) is 9.73. The number of fused-ring (bicyclic) bond motifs is 1. The maximum Gasteiger partial charge on any atom is 0.218 e. The van der Waals surface area contributed by atoms with Crippen LogP contribution in [0, 0.1) is 11.6 Å². The molecule has 1 aromatic carbocycles. The van der Waals surface area contributed by atoms with Crippen molar-refractivity contribution in [3.8, 4) is 5.88 Å². The molecule has 0 unspecified atom stereocenters. The maximum atomic E-state index is 13.6. The molecule has 3 N–H and O–H groups in total. The lowest BCUT2D eigenvalue weighted by Crippen LogP contribution is -2.52. The predicted octanol–water partition coefficient (Wildman–Crippen LogP) is 3.37. The number of carbonyl (C=O) groups excluding carboxylic acids is 1. The molecule has 2 heterocycles. The fourth-order valence-corrected chi connectivity index (χ4v) is 4.76. The molecule has 1 fully saturated rings. The van der Waals surface area contributed by atoms with E-state index in [1.165, 1.54) is 19.1 Å². The van der Waals surface area contributed by atoms with E-state index in [-0.39, 0.29) is 30.5 Å². The minimum absolute atomic E-state index is 0.0488. The van der Waals surface area contributed by atoms with Gasteiger partial charge >= 0.3 is 0 Å². The molecule has 1 aromatic heterocycles. The first-order chi connectivity index (χ1) is 15.8.